The Bertz CT molecular complexity index is 874. The Hall–Kier alpha value is -1.65. The topological polar surface area (TPSA) is 29.0 Å². The maximum absolute atomic E-state index is 6.33. The molecule has 0 amide bonds. The first-order valence-electron chi connectivity index (χ1n) is 8.44. The molecule has 0 atom stereocenters. The van der Waals surface area contributed by atoms with Gasteiger partial charge in [0.05, 0.1) is 5.39 Å². The summed E-state index contributed by atoms with van der Waals surface area (Å²) >= 11 is 8.18. The fourth-order valence-electron chi connectivity index (χ4n) is 3.50. The smallest absolute Gasteiger partial charge is 0.141 e. The van der Waals surface area contributed by atoms with Crippen molar-refractivity contribution in [3.63, 3.8) is 0 Å². The lowest BCUT2D eigenvalue weighted by atomic mass is 10.1. The third-order valence-electron chi connectivity index (χ3n) is 4.71. The van der Waals surface area contributed by atoms with Gasteiger partial charge >= 0.3 is 0 Å². The number of benzene rings is 1. The molecule has 0 unspecified atom stereocenters. The van der Waals surface area contributed by atoms with Crippen molar-refractivity contribution in [2.45, 2.75) is 38.6 Å². The number of hydrogen-bond donors (Lipinski definition) is 0. The van der Waals surface area contributed by atoms with Crippen molar-refractivity contribution in [1.29, 1.82) is 0 Å². The van der Waals surface area contributed by atoms with Crippen molar-refractivity contribution in [2.75, 3.05) is 11.9 Å². The van der Waals surface area contributed by atoms with Crippen LogP contribution in [0.25, 0.3) is 10.2 Å². The van der Waals surface area contributed by atoms with Gasteiger partial charge in [0, 0.05) is 23.5 Å². The molecule has 0 saturated carbocycles. The van der Waals surface area contributed by atoms with E-state index in [0.29, 0.717) is 0 Å². The van der Waals surface area contributed by atoms with Crippen LogP contribution in [0.2, 0.25) is 5.02 Å². The molecule has 0 saturated heterocycles. The second kappa shape index (κ2) is 6.69. The molecule has 2 aromatic heterocycles. The zero-order valence-electron chi connectivity index (χ0n) is 13.8. The first-order chi connectivity index (χ1) is 11.7. The van der Waals surface area contributed by atoms with Crippen LogP contribution in [0.4, 0.5) is 5.82 Å². The maximum atomic E-state index is 6.33. The molecule has 24 heavy (non-hydrogen) atoms. The molecular weight excluding hydrogens is 338 g/mol. The molecule has 2 heterocycles. The minimum Gasteiger partial charge on any atom is -0.355 e. The van der Waals surface area contributed by atoms with Crippen molar-refractivity contribution in [1.82, 2.24) is 9.97 Å². The Kier molecular flexibility index (Phi) is 4.42. The maximum Gasteiger partial charge on any atom is 0.141 e. The van der Waals surface area contributed by atoms with Gasteiger partial charge in [0.2, 0.25) is 0 Å². The first kappa shape index (κ1) is 15.9. The van der Waals surface area contributed by atoms with Gasteiger partial charge in [-0.05, 0) is 42.9 Å². The highest BCUT2D eigenvalue weighted by Gasteiger charge is 2.20. The monoisotopic (exact) mass is 357 g/mol. The van der Waals surface area contributed by atoms with Crippen LogP contribution in [-0.4, -0.2) is 17.0 Å². The Morgan fingerprint density at radius 2 is 1.96 bits per heavy atom. The number of fused-ring (bicyclic) bond motifs is 3. The number of nitrogens with zero attached hydrogens (tertiary/aromatic N) is 3. The highest BCUT2D eigenvalue weighted by Crippen LogP contribution is 2.38. The summed E-state index contributed by atoms with van der Waals surface area (Å²) in [5.74, 6) is 1.03. The van der Waals surface area contributed by atoms with Gasteiger partial charge in [-0.15, -0.1) is 11.3 Å². The Labute approximate surface area is 151 Å². The van der Waals surface area contributed by atoms with E-state index in [1.807, 2.05) is 29.5 Å². The summed E-state index contributed by atoms with van der Waals surface area (Å²) in [6.07, 6.45) is 7.90. The van der Waals surface area contributed by atoms with Crippen molar-refractivity contribution in [3.8, 4) is 0 Å². The number of thiophene rings is 1. The molecule has 0 fully saturated rings. The summed E-state index contributed by atoms with van der Waals surface area (Å²) in [4.78, 5) is 14.0. The van der Waals surface area contributed by atoms with Crippen LogP contribution in [0.15, 0.2) is 30.6 Å². The lowest BCUT2D eigenvalue weighted by molar-refractivity contribution is 0.713. The van der Waals surface area contributed by atoms with E-state index in [2.05, 4.69) is 28.0 Å². The van der Waals surface area contributed by atoms with Crippen molar-refractivity contribution in [2.24, 2.45) is 0 Å². The zero-order chi connectivity index (χ0) is 16.5. The predicted octanol–water partition coefficient (Wildman–Crippen LogP) is 5.25. The molecule has 0 aliphatic heterocycles. The quantitative estimate of drug-likeness (QED) is 0.599. The third kappa shape index (κ3) is 2.89. The molecule has 3 nitrogen and oxygen atoms in total. The Balaban J connectivity index is 1.76. The number of anilines is 1. The highest BCUT2D eigenvalue weighted by molar-refractivity contribution is 7.18. The highest BCUT2D eigenvalue weighted by atomic mass is 35.5. The van der Waals surface area contributed by atoms with Gasteiger partial charge in [-0.2, -0.15) is 0 Å². The van der Waals surface area contributed by atoms with Crippen LogP contribution in [0, 0.1) is 0 Å². The summed E-state index contributed by atoms with van der Waals surface area (Å²) in [5, 5.41) is 2.06. The fourth-order valence-corrected chi connectivity index (χ4v) is 4.92. The Morgan fingerprint density at radius 3 is 2.83 bits per heavy atom. The number of rotatable bonds is 3. The van der Waals surface area contributed by atoms with Crippen molar-refractivity contribution >= 4 is 39.0 Å². The van der Waals surface area contributed by atoms with E-state index in [1.165, 1.54) is 41.5 Å². The molecule has 0 bridgehead atoms. The lowest BCUT2D eigenvalue weighted by Crippen LogP contribution is -2.18. The fraction of sp³-hybridized carbons (Fsp3) is 0.368. The predicted molar refractivity (Wildman–Crippen MR) is 102 cm³/mol. The molecule has 1 aliphatic carbocycles. The lowest BCUT2D eigenvalue weighted by Gasteiger charge is -2.20. The number of halogens is 1. The summed E-state index contributed by atoms with van der Waals surface area (Å²) in [6, 6.07) is 8.01. The second-order valence-electron chi connectivity index (χ2n) is 6.39. The zero-order valence-corrected chi connectivity index (χ0v) is 15.3. The summed E-state index contributed by atoms with van der Waals surface area (Å²) in [5.41, 5.74) is 2.60. The average molecular weight is 358 g/mol. The minimum absolute atomic E-state index is 0.746. The molecule has 1 aliphatic rings. The van der Waals surface area contributed by atoms with E-state index >= 15 is 0 Å². The Morgan fingerprint density at radius 1 is 1.12 bits per heavy atom. The van der Waals surface area contributed by atoms with Gasteiger partial charge in [0.25, 0.3) is 0 Å². The molecule has 0 spiro atoms. The summed E-state index contributed by atoms with van der Waals surface area (Å²) in [6.45, 7) is 0.746. The summed E-state index contributed by atoms with van der Waals surface area (Å²) < 4.78 is 0. The third-order valence-corrected chi connectivity index (χ3v) is 6.28. The van der Waals surface area contributed by atoms with Crippen LogP contribution in [0.1, 0.15) is 35.3 Å². The van der Waals surface area contributed by atoms with Gasteiger partial charge in [-0.1, -0.05) is 36.2 Å². The van der Waals surface area contributed by atoms with Crippen molar-refractivity contribution < 1.29 is 0 Å². The first-order valence-corrected chi connectivity index (χ1v) is 9.63. The van der Waals surface area contributed by atoms with Crippen LogP contribution < -0.4 is 4.90 Å². The normalized spacial score (nSPS) is 14.4. The van der Waals surface area contributed by atoms with Crippen LogP contribution >= 0.6 is 22.9 Å². The molecule has 4 rings (SSSR count). The van der Waals surface area contributed by atoms with Gasteiger partial charge in [-0.3, -0.25) is 0 Å². The molecule has 124 valence electrons. The average Bonchev–Trinajstić information content (AvgIpc) is 2.78. The number of aryl methyl sites for hydroxylation is 2. The van der Waals surface area contributed by atoms with Crippen molar-refractivity contribution in [3.05, 3.63) is 51.6 Å². The summed E-state index contributed by atoms with van der Waals surface area (Å²) in [7, 11) is 2.09. The number of aromatic nitrogens is 2. The molecule has 5 heteroatoms. The standard InChI is InChI=1S/C19H20ClN3S/c1-23(11-13-7-5-6-9-15(13)20)18-17-14-8-3-2-4-10-16(14)24-19(17)22-12-21-18/h5-7,9,12H,2-4,8,10-11H2,1H3. The van der Waals surface area contributed by atoms with Crippen LogP contribution in [0.3, 0.4) is 0 Å². The van der Waals surface area contributed by atoms with Crippen LogP contribution in [0.5, 0.6) is 0 Å². The molecule has 3 aromatic rings. The van der Waals surface area contributed by atoms with E-state index in [1.54, 1.807) is 6.33 Å². The van der Waals surface area contributed by atoms with Crippen LogP contribution in [-0.2, 0) is 19.4 Å². The SMILES string of the molecule is CN(Cc1ccccc1Cl)c1ncnc2sc3c(c12)CCCCC3. The van der Waals surface area contributed by atoms with E-state index < -0.39 is 0 Å². The molecular formula is C19H20ClN3S. The van der Waals surface area contributed by atoms with Gasteiger partial charge in [0.1, 0.15) is 17.0 Å². The molecule has 1 aromatic carbocycles. The van der Waals surface area contributed by atoms with E-state index in [-0.39, 0.29) is 0 Å². The van der Waals surface area contributed by atoms with E-state index in [0.717, 1.165) is 34.2 Å². The van der Waals surface area contributed by atoms with Gasteiger partial charge in [-0.25, -0.2) is 9.97 Å². The molecule has 0 N–H and O–H groups in total. The van der Waals surface area contributed by atoms with E-state index in [9.17, 15) is 0 Å². The largest absolute Gasteiger partial charge is 0.355 e. The van der Waals surface area contributed by atoms with E-state index in [4.69, 9.17) is 11.6 Å². The minimum atomic E-state index is 0.746. The van der Waals surface area contributed by atoms with Gasteiger partial charge < -0.3 is 4.90 Å². The van der Waals surface area contributed by atoms with Gasteiger partial charge in [0.15, 0.2) is 0 Å². The number of hydrogen-bond acceptors (Lipinski definition) is 4. The second-order valence-corrected chi connectivity index (χ2v) is 7.88. The molecule has 0 radical (unpaired) electrons.